The Hall–Kier alpha value is 0.107. The molecule has 0 heterocycles. The summed E-state index contributed by atoms with van der Waals surface area (Å²) in [7, 11) is -3.78. The van der Waals surface area contributed by atoms with Crippen LogP contribution in [0.4, 0.5) is 0 Å². The quantitative estimate of drug-likeness (QED) is 0.301. The molecule has 8 heavy (non-hydrogen) atoms. The highest BCUT2D eigenvalue weighted by Gasteiger charge is 2.06. The number of rotatable bonds is 2. The Kier molecular flexibility index (Phi) is 5.53. The third-order valence-electron chi connectivity index (χ3n) is 0.367. The predicted octanol–water partition coefficient (Wildman–Crippen LogP) is -1.10. The van der Waals surface area contributed by atoms with Gasteiger partial charge in [0.15, 0.2) is 0 Å². The van der Waals surface area contributed by atoms with Crippen LogP contribution in [0.1, 0.15) is 0 Å². The summed E-state index contributed by atoms with van der Waals surface area (Å²) >= 11 is 0. The Morgan fingerprint density at radius 1 is 1.62 bits per heavy atom. The zero-order valence-electron chi connectivity index (χ0n) is 3.74. The Bertz CT molecular complexity index is 107. The smallest absolute Gasteiger partial charge is 0.324 e. The molecule has 0 aliphatic heterocycles. The van der Waals surface area contributed by atoms with E-state index in [1.165, 1.54) is 6.08 Å². The third-order valence-corrected chi connectivity index (χ3v) is 1.10. The zero-order valence-corrected chi connectivity index (χ0v) is 4.64. The van der Waals surface area contributed by atoms with Gasteiger partial charge in [-0.15, -0.1) is 6.58 Å². The standard InChI is InChI=1S/C3H7O3P.H4Si/c1-2-3-7(4,5)6;/h2H,1,3H2,(H2,4,5,6);1H4. The van der Waals surface area contributed by atoms with Crippen LogP contribution in [0, 0.1) is 0 Å². The van der Waals surface area contributed by atoms with Gasteiger partial charge in [0.2, 0.25) is 0 Å². The highest BCUT2D eigenvalue weighted by atomic mass is 31.2. The number of allylic oxidation sites excluding steroid dienone is 1. The molecular formula is C3H11O3PSi. The first kappa shape index (κ1) is 11.0. The van der Waals surface area contributed by atoms with Gasteiger partial charge in [-0.3, -0.25) is 4.57 Å². The molecule has 0 aromatic heterocycles. The van der Waals surface area contributed by atoms with E-state index in [0.717, 1.165) is 0 Å². The van der Waals surface area contributed by atoms with Crippen LogP contribution in [-0.2, 0) is 4.57 Å². The number of hydrogen-bond donors (Lipinski definition) is 2. The van der Waals surface area contributed by atoms with Crippen LogP contribution in [-0.4, -0.2) is 26.9 Å². The van der Waals surface area contributed by atoms with E-state index in [1.54, 1.807) is 0 Å². The molecule has 2 N–H and O–H groups in total. The van der Waals surface area contributed by atoms with Crippen molar-refractivity contribution in [3.05, 3.63) is 12.7 Å². The van der Waals surface area contributed by atoms with Gasteiger partial charge in [-0.2, -0.15) is 0 Å². The first-order chi connectivity index (χ1) is 3.06. The van der Waals surface area contributed by atoms with Gasteiger partial charge in [-0.05, 0) is 11.0 Å². The molecule has 0 aromatic rings. The van der Waals surface area contributed by atoms with E-state index in [9.17, 15) is 4.57 Å². The summed E-state index contributed by atoms with van der Waals surface area (Å²) in [4.78, 5) is 16.1. The highest BCUT2D eigenvalue weighted by molar-refractivity contribution is 7.51. The SMILES string of the molecule is C=CCP(=O)(O)O.[SiH4]. The second kappa shape index (κ2) is 4.03. The molecule has 0 bridgehead atoms. The van der Waals surface area contributed by atoms with Gasteiger partial charge >= 0.3 is 7.60 Å². The Balaban J connectivity index is 0. The maximum absolute atomic E-state index is 9.85. The summed E-state index contributed by atoms with van der Waals surface area (Å²) in [5, 5.41) is 0. The molecule has 0 aromatic carbocycles. The van der Waals surface area contributed by atoms with Gasteiger partial charge in [-0.25, -0.2) is 0 Å². The maximum atomic E-state index is 9.85. The van der Waals surface area contributed by atoms with Crippen LogP contribution in [0.3, 0.4) is 0 Å². The van der Waals surface area contributed by atoms with Crippen LogP contribution in [0.5, 0.6) is 0 Å². The van der Waals surface area contributed by atoms with Crippen LogP contribution >= 0.6 is 7.60 Å². The van der Waals surface area contributed by atoms with E-state index < -0.39 is 7.60 Å². The summed E-state index contributed by atoms with van der Waals surface area (Å²) in [6, 6.07) is 0. The minimum Gasteiger partial charge on any atom is -0.324 e. The van der Waals surface area contributed by atoms with Crippen molar-refractivity contribution in [3.63, 3.8) is 0 Å². The predicted molar refractivity (Wildman–Crippen MR) is 38.4 cm³/mol. The first-order valence-electron chi connectivity index (χ1n) is 1.72. The monoisotopic (exact) mass is 154 g/mol. The van der Waals surface area contributed by atoms with Crippen LogP contribution < -0.4 is 0 Å². The summed E-state index contributed by atoms with van der Waals surface area (Å²) in [6.07, 6.45) is 0.966. The number of hydrogen-bond acceptors (Lipinski definition) is 1. The first-order valence-corrected chi connectivity index (χ1v) is 3.51. The second-order valence-electron chi connectivity index (χ2n) is 1.14. The molecular weight excluding hydrogens is 143 g/mol. The Morgan fingerprint density at radius 2 is 2.00 bits per heavy atom. The lowest BCUT2D eigenvalue weighted by molar-refractivity contribution is 0.377. The highest BCUT2D eigenvalue weighted by Crippen LogP contribution is 2.33. The minimum atomic E-state index is -3.78. The average Bonchev–Trinajstić information content (AvgIpc) is 1.30. The van der Waals surface area contributed by atoms with Gasteiger partial charge in [0.05, 0.1) is 6.16 Å². The fourth-order valence-electron chi connectivity index (χ4n) is 0.168. The van der Waals surface area contributed by atoms with Gasteiger partial charge in [0, 0.05) is 0 Å². The van der Waals surface area contributed by atoms with Crippen molar-refractivity contribution >= 4 is 18.6 Å². The van der Waals surface area contributed by atoms with E-state index >= 15 is 0 Å². The topological polar surface area (TPSA) is 57.5 Å². The lowest BCUT2D eigenvalue weighted by Gasteiger charge is -1.94. The molecule has 0 atom stereocenters. The molecule has 0 aliphatic carbocycles. The molecule has 3 nitrogen and oxygen atoms in total. The zero-order chi connectivity index (χ0) is 5.91. The molecule has 50 valence electrons. The molecule has 0 fully saturated rings. The van der Waals surface area contributed by atoms with Crippen molar-refractivity contribution in [2.24, 2.45) is 0 Å². The molecule has 0 saturated heterocycles. The molecule has 0 aliphatic rings. The van der Waals surface area contributed by atoms with Crippen LogP contribution in [0.25, 0.3) is 0 Å². The minimum absolute atomic E-state index is 0. The molecule has 0 saturated carbocycles. The fraction of sp³-hybridized carbons (Fsp3) is 0.333. The molecule has 0 amide bonds. The molecule has 0 unspecified atom stereocenters. The summed E-state index contributed by atoms with van der Waals surface area (Å²) in [5.74, 6) is 0. The van der Waals surface area contributed by atoms with Crippen molar-refractivity contribution in [1.82, 2.24) is 0 Å². The van der Waals surface area contributed by atoms with E-state index in [0.29, 0.717) is 0 Å². The lowest BCUT2D eigenvalue weighted by atomic mass is 10.8. The average molecular weight is 154 g/mol. The largest absolute Gasteiger partial charge is 0.329 e. The van der Waals surface area contributed by atoms with Gasteiger partial charge in [0.1, 0.15) is 0 Å². The second-order valence-corrected chi connectivity index (χ2v) is 2.83. The fourth-order valence-corrected chi connectivity index (χ4v) is 0.505. The Labute approximate surface area is 52.6 Å². The lowest BCUT2D eigenvalue weighted by Crippen LogP contribution is -1.78. The summed E-state index contributed by atoms with van der Waals surface area (Å²) in [6.45, 7) is 3.15. The van der Waals surface area contributed by atoms with Crippen molar-refractivity contribution < 1.29 is 14.4 Å². The molecule has 0 radical (unpaired) electrons. The van der Waals surface area contributed by atoms with E-state index in [-0.39, 0.29) is 17.1 Å². The summed E-state index contributed by atoms with van der Waals surface area (Å²) < 4.78 is 9.85. The molecule has 0 spiro atoms. The van der Waals surface area contributed by atoms with Crippen molar-refractivity contribution in [3.8, 4) is 0 Å². The van der Waals surface area contributed by atoms with Gasteiger partial charge in [-0.1, -0.05) is 6.08 Å². The van der Waals surface area contributed by atoms with Crippen molar-refractivity contribution in [1.29, 1.82) is 0 Å². The molecule has 0 rings (SSSR count). The van der Waals surface area contributed by atoms with Crippen molar-refractivity contribution in [2.75, 3.05) is 6.16 Å². The van der Waals surface area contributed by atoms with Crippen LogP contribution in [0.15, 0.2) is 12.7 Å². The summed E-state index contributed by atoms with van der Waals surface area (Å²) in [5.41, 5.74) is 0. The third kappa shape index (κ3) is 9.44. The van der Waals surface area contributed by atoms with E-state index in [4.69, 9.17) is 9.79 Å². The Morgan fingerprint density at radius 3 is 2.00 bits per heavy atom. The normalized spacial score (nSPS) is 9.75. The van der Waals surface area contributed by atoms with Gasteiger partial charge < -0.3 is 9.79 Å². The van der Waals surface area contributed by atoms with Crippen LogP contribution in [0.2, 0.25) is 0 Å². The van der Waals surface area contributed by atoms with Gasteiger partial charge in [0.25, 0.3) is 0 Å². The van der Waals surface area contributed by atoms with E-state index in [1.807, 2.05) is 0 Å². The van der Waals surface area contributed by atoms with Crippen molar-refractivity contribution in [2.45, 2.75) is 0 Å². The molecule has 5 heteroatoms. The maximum Gasteiger partial charge on any atom is 0.329 e. The van der Waals surface area contributed by atoms with E-state index in [2.05, 4.69) is 6.58 Å².